The molecule has 0 unspecified atom stereocenters. The molecule has 0 aromatic heterocycles. The normalized spacial score (nSPS) is 18.1. The molecule has 3 rings (SSSR count). The van der Waals surface area contributed by atoms with Crippen LogP contribution in [0.3, 0.4) is 0 Å². The monoisotopic (exact) mass is 351 g/mol. The molecule has 26 heavy (non-hydrogen) atoms. The molecule has 0 radical (unpaired) electrons. The largest absolute Gasteiger partial charge is 0.374 e. The van der Waals surface area contributed by atoms with E-state index in [0.717, 1.165) is 11.1 Å². The van der Waals surface area contributed by atoms with Crippen molar-refractivity contribution < 1.29 is 14.3 Å². The van der Waals surface area contributed by atoms with Gasteiger partial charge in [-0.05, 0) is 17.2 Å². The fourth-order valence-electron chi connectivity index (χ4n) is 3.04. The van der Waals surface area contributed by atoms with Crippen molar-refractivity contribution in [2.24, 2.45) is 0 Å². The Hall–Kier alpha value is -2.43. The number of carbonyl (C=O) groups is 1. The first kappa shape index (κ1) is 18.4. The lowest BCUT2D eigenvalue weighted by molar-refractivity contribution is -0.120. The lowest BCUT2D eigenvalue weighted by Crippen LogP contribution is -2.45. The number of likely N-dealkylation sites (N-methyl/N-ethyl adjacent to an activating group) is 1. The lowest BCUT2D eigenvalue weighted by Gasteiger charge is -2.35. The third-order valence-electron chi connectivity index (χ3n) is 4.56. The van der Waals surface area contributed by atoms with E-state index in [2.05, 4.69) is 0 Å². The summed E-state index contributed by atoms with van der Waals surface area (Å²) in [5, 5.41) is 0. The average Bonchev–Trinajstić information content (AvgIpc) is 2.68. The molecule has 1 heterocycles. The number of hydrogen-bond acceptors (Lipinski definition) is 4. The number of rotatable bonds is 8. The smallest absolute Gasteiger partial charge is 0.159 e. The summed E-state index contributed by atoms with van der Waals surface area (Å²) in [4.78, 5) is 13.9. The predicted molar refractivity (Wildman–Crippen MR) is 101 cm³/mol. The average molecular weight is 351 g/mol. The number of nitrogens with zero attached hydrogens (tertiary/aromatic N) is 1. The maximum atomic E-state index is 11.9. The fraction of sp³-hybridized carbons (Fsp3) is 0.318. The predicted octanol–water partition coefficient (Wildman–Crippen LogP) is 3.58. The quantitative estimate of drug-likeness (QED) is 0.729. The fourth-order valence-corrected chi connectivity index (χ4v) is 3.04. The van der Waals surface area contributed by atoms with Gasteiger partial charge >= 0.3 is 0 Å². The highest BCUT2D eigenvalue weighted by atomic mass is 16.5. The van der Waals surface area contributed by atoms with Crippen molar-refractivity contribution >= 4 is 5.78 Å². The standard InChI is InChI=1S/C22H25NO3/c1-23-13-12-20(24)14-21(23)22(26-16-19-10-6-3-7-11-19)17-25-15-18-8-4-2-5-9-18/h2-13,21-22H,14-17H2,1H3/t21-,22-/m1/s1. The van der Waals surface area contributed by atoms with Crippen LogP contribution < -0.4 is 0 Å². The van der Waals surface area contributed by atoms with Gasteiger partial charge in [-0.25, -0.2) is 0 Å². The summed E-state index contributed by atoms with van der Waals surface area (Å²) in [6, 6.07) is 20.1. The van der Waals surface area contributed by atoms with E-state index in [1.807, 2.05) is 78.8 Å². The molecule has 0 amide bonds. The van der Waals surface area contributed by atoms with Crippen LogP contribution in [0.2, 0.25) is 0 Å². The first-order valence-corrected chi connectivity index (χ1v) is 8.92. The van der Waals surface area contributed by atoms with Crippen molar-refractivity contribution in [3.63, 3.8) is 0 Å². The van der Waals surface area contributed by atoms with Crippen LogP contribution in [0.1, 0.15) is 17.5 Å². The Morgan fingerprint density at radius 1 is 1.00 bits per heavy atom. The van der Waals surface area contributed by atoms with Crippen LogP contribution in [0.5, 0.6) is 0 Å². The lowest BCUT2D eigenvalue weighted by atomic mass is 10.0. The first-order chi connectivity index (χ1) is 12.7. The molecular formula is C22H25NO3. The number of allylic oxidation sites excluding steroid dienone is 1. The summed E-state index contributed by atoms with van der Waals surface area (Å²) in [6.45, 7) is 1.48. The second-order valence-electron chi connectivity index (χ2n) is 6.55. The van der Waals surface area contributed by atoms with E-state index in [9.17, 15) is 4.79 Å². The van der Waals surface area contributed by atoms with E-state index in [1.165, 1.54) is 0 Å². The van der Waals surface area contributed by atoms with E-state index < -0.39 is 0 Å². The number of ether oxygens (including phenoxy) is 2. The van der Waals surface area contributed by atoms with Gasteiger partial charge in [0.1, 0.15) is 6.10 Å². The van der Waals surface area contributed by atoms with Crippen LogP contribution in [0, 0.1) is 0 Å². The SMILES string of the molecule is CN1C=CC(=O)C[C@@H]1[C@@H](COCc1ccccc1)OCc1ccccc1. The molecule has 0 N–H and O–H groups in total. The molecule has 0 bridgehead atoms. The summed E-state index contributed by atoms with van der Waals surface area (Å²) in [6.07, 6.45) is 3.71. The molecule has 0 spiro atoms. The summed E-state index contributed by atoms with van der Waals surface area (Å²) < 4.78 is 12.1. The zero-order chi connectivity index (χ0) is 18.2. The molecule has 0 saturated heterocycles. The molecule has 136 valence electrons. The molecule has 1 aliphatic rings. The maximum absolute atomic E-state index is 11.9. The molecular weight excluding hydrogens is 326 g/mol. The van der Waals surface area contributed by atoms with Crippen LogP contribution in [-0.4, -0.2) is 36.5 Å². The summed E-state index contributed by atoms with van der Waals surface area (Å²) in [5.41, 5.74) is 2.24. The second-order valence-corrected chi connectivity index (χ2v) is 6.55. The molecule has 4 nitrogen and oxygen atoms in total. The maximum Gasteiger partial charge on any atom is 0.159 e. The van der Waals surface area contributed by atoms with Crippen molar-refractivity contribution in [1.82, 2.24) is 4.90 Å². The number of ketones is 1. The summed E-state index contributed by atoms with van der Waals surface area (Å²) >= 11 is 0. The summed E-state index contributed by atoms with van der Waals surface area (Å²) in [7, 11) is 1.98. The zero-order valence-electron chi connectivity index (χ0n) is 15.1. The molecule has 0 fully saturated rings. The van der Waals surface area contributed by atoms with Gasteiger partial charge < -0.3 is 14.4 Å². The minimum atomic E-state index is -0.183. The molecule has 2 atom stereocenters. The Kier molecular flexibility index (Phi) is 6.58. The van der Waals surface area contributed by atoms with Crippen LogP contribution in [-0.2, 0) is 27.5 Å². The minimum Gasteiger partial charge on any atom is -0.374 e. The Morgan fingerprint density at radius 2 is 1.62 bits per heavy atom. The van der Waals surface area contributed by atoms with E-state index in [4.69, 9.17) is 9.47 Å². The molecule has 0 saturated carbocycles. The van der Waals surface area contributed by atoms with Crippen LogP contribution in [0.4, 0.5) is 0 Å². The highest BCUT2D eigenvalue weighted by Gasteiger charge is 2.29. The molecule has 4 heteroatoms. The van der Waals surface area contributed by atoms with Gasteiger partial charge in [-0.1, -0.05) is 60.7 Å². The highest BCUT2D eigenvalue weighted by Crippen LogP contribution is 2.19. The minimum absolute atomic E-state index is 0.0213. The van der Waals surface area contributed by atoms with Gasteiger partial charge in [0.05, 0.1) is 25.9 Å². The Bertz CT molecular complexity index is 715. The summed E-state index contributed by atoms with van der Waals surface area (Å²) in [5.74, 6) is 0.129. The Balaban J connectivity index is 1.62. The topological polar surface area (TPSA) is 38.8 Å². The van der Waals surface area contributed by atoms with Crippen LogP contribution in [0.15, 0.2) is 72.9 Å². The van der Waals surface area contributed by atoms with Gasteiger partial charge in [0.15, 0.2) is 5.78 Å². The Morgan fingerprint density at radius 3 is 2.27 bits per heavy atom. The van der Waals surface area contributed by atoms with Crippen molar-refractivity contribution in [3.05, 3.63) is 84.1 Å². The van der Waals surface area contributed by atoms with E-state index in [0.29, 0.717) is 26.2 Å². The van der Waals surface area contributed by atoms with E-state index >= 15 is 0 Å². The van der Waals surface area contributed by atoms with E-state index in [-0.39, 0.29) is 17.9 Å². The van der Waals surface area contributed by atoms with E-state index in [1.54, 1.807) is 6.08 Å². The van der Waals surface area contributed by atoms with Gasteiger partial charge in [0.2, 0.25) is 0 Å². The van der Waals surface area contributed by atoms with Gasteiger partial charge in [-0.15, -0.1) is 0 Å². The molecule has 0 aliphatic carbocycles. The van der Waals surface area contributed by atoms with Gasteiger partial charge in [0.25, 0.3) is 0 Å². The zero-order valence-corrected chi connectivity index (χ0v) is 15.1. The van der Waals surface area contributed by atoms with Crippen molar-refractivity contribution in [3.8, 4) is 0 Å². The van der Waals surface area contributed by atoms with Crippen molar-refractivity contribution in [2.45, 2.75) is 31.8 Å². The third kappa shape index (κ3) is 5.28. The first-order valence-electron chi connectivity index (χ1n) is 8.92. The van der Waals surface area contributed by atoms with Gasteiger partial charge in [-0.2, -0.15) is 0 Å². The Labute approximate surface area is 155 Å². The third-order valence-corrected chi connectivity index (χ3v) is 4.56. The number of carbonyl (C=O) groups excluding carboxylic acids is 1. The molecule has 1 aliphatic heterocycles. The van der Waals surface area contributed by atoms with Crippen molar-refractivity contribution in [2.75, 3.05) is 13.7 Å². The molecule has 2 aromatic carbocycles. The number of benzene rings is 2. The second kappa shape index (κ2) is 9.32. The highest BCUT2D eigenvalue weighted by molar-refractivity contribution is 5.90. The molecule has 2 aromatic rings. The van der Waals surface area contributed by atoms with Crippen LogP contribution >= 0.6 is 0 Å². The number of hydrogen-bond donors (Lipinski definition) is 0. The van der Waals surface area contributed by atoms with Gasteiger partial charge in [-0.3, -0.25) is 4.79 Å². The van der Waals surface area contributed by atoms with Gasteiger partial charge in [0, 0.05) is 19.7 Å². The van der Waals surface area contributed by atoms with Crippen LogP contribution in [0.25, 0.3) is 0 Å². The van der Waals surface area contributed by atoms with Crippen molar-refractivity contribution in [1.29, 1.82) is 0 Å².